The predicted octanol–water partition coefficient (Wildman–Crippen LogP) is 5.42. The third-order valence-corrected chi connectivity index (χ3v) is 8.23. The molecule has 4 aromatic rings. The second-order valence-electron chi connectivity index (χ2n) is 11.4. The highest BCUT2D eigenvalue weighted by Crippen LogP contribution is 2.26. The molecule has 1 atom stereocenters. The highest BCUT2D eigenvalue weighted by molar-refractivity contribution is 6.04. The maximum Gasteiger partial charge on any atom is 0.338 e. The van der Waals surface area contributed by atoms with E-state index < -0.39 is 0 Å². The highest BCUT2D eigenvalue weighted by Gasteiger charge is 2.23. The number of nitrogens with one attached hydrogen (secondary N) is 2. The Hall–Kier alpha value is -4.27. The van der Waals surface area contributed by atoms with Crippen LogP contribution in [0, 0.1) is 0 Å². The van der Waals surface area contributed by atoms with Crippen LogP contribution in [0.15, 0.2) is 85.2 Å². The molecule has 0 radical (unpaired) electrons. The molecule has 1 aromatic heterocycles. The van der Waals surface area contributed by atoms with E-state index in [1.807, 2.05) is 30.6 Å². The van der Waals surface area contributed by atoms with Crippen LogP contribution in [0.1, 0.15) is 45.5 Å². The van der Waals surface area contributed by atoms with E-state index in [2.05, 4.69) is 62.8 Å². The van der Waals surface area contributed by atoms with Gasteiger partial charge in [0.15, 0.2) is 0 Å². The monoisotopic (exact) mass is 563 g/mol. The molecule has 2 saturated heterocycles. The van der Waals surface area contributed by atoms with Crippen molar-refractivity contribution in [2.75, 3.05) is 43.9 Å². The van der Waals surface area contributed by atoms with Gasteiger partial charge in [0, 0.05) is 78.9 Å². The minimum atomic E-state index is -0.335. The maximum atomic E-state index is 13.0. The summed E-state index contributed by atoms with van der Waals surface area (Å²) in [5.74, 6) is -0.545. The summed E-state index contributed by atoms with van der Waals surface area (Å²) in [6, 6.07) is 23.4. The molecule has 2 aliphatic rings. The van der Waals surface area contributed by atoms with Gasteiger partial charge in [-0.25, -0.2) is 4.79 Å². The van der Waals surface area contributed by atoms with E-state index in [1.165, 1.54) is 5.39 Å². The lowest BCUT2D eigenvalue weighted by molar-refractivity contribution is 0.0139. The van der Waals surface area contributed by atoms with Crippen molar-refractivity contribution < 1.29 is 14.3 Å². The number of likely N-dealkylation sites (tertiary alicyclic amines) is 2. The summed E-state index contributed by atoms with van der Waals surface area (Å²) in [5.41, 5.74) is 4.00. The number of piperidine rings is 1. The average molecular weight is 564 g/mol. The van der Waals surface area contributed by atoms with Gasteiger partial charge in [0.05, 0.1) is 5.56 Å². The fourth-order valence-corrected chi connectivity index (χ4v) is 5.85. The molecule has 0 bridgehead atoms. The number of anilines is 2. The van der Waals surface area contributed by atoms with E-state index in [9.17, 15) is 9.59 Å². The molecule has 8 nitrogen and oxygen atoms in total. The largest absolute Gasteiger partial charge is 0.459 e. The number of rotatable bonds is 8. The number of hydrogen-bond donors (Lipinski definition) is 2. The Kier molecular flexibility index (Phi) is 8.44. The van der Waals surface area contributed by atoms with E-state index >= 15 is 0 Å². The number of esters is 1. The van der Waals surface area contributed by atoms with Crippen molar-refractivity contribution in [1.82, 2.24) is 14.8 Å². The van der Waals surface area contributed by atoms with Crippen LogP contribution in [0.5, 0.6) is 0 Å². The molecule has 42 heavy (non-hydrogen) atoms. The zero-order chi connectivity index (χ0) is 28.9. The first-order valence-corrected chi connectivity index (χ1v) is 14.7. The number of aromatic nitrogens is 1. The van der Waals surface area contributed by atoms with E-state index in [1.54, 1.807) is 24.3 Å². The van der Waals surface area contributed by atoms with Gasteiger partial charge in [-0.15, -0.1) is 0 Å². The number of hydrogen-bond acceptors (Lipinski definition) is 7. The second-order valence-corrected chi connectivity index (χ2v) is 11.4. The number of fused-ring (bicyclic) bond motifs is 1. The Morgan fingerprint density at radius 1 is 0.929 bits per heavy atom. The quantitative estimate of drug-likeness (QED) is 0.277. The molecule has 2 N–H and O–H groups in total. The highest BCUT2D eigenvalue weighted by atomic mass is 16.5. The second kappa shape index (κ2) is 12.7. The summed E-state index contributed by atoms with van der Waals surface area (Å²) < 4.78 is 5.67. The molecule has 1 unspecified atom stereocenters. The SMILES string of the molecule is CN1CCC(OC(=O)c2ccc(C(=O)Nc3cccc(CN4CCC(Nc5cccc6cnccc56)C4)c3)cc2)CC1. The molecule has 2 fully saturated rings. The van der Waals surface area contributed by atoms with Crippen LogP contribution in [0.4, 0.5) is 11.4 Å². The molecule has 1 amide bonds. The normalized spacial score (nSPS) is 18.2. The summed E-state index contributed by atoms with van der Waals surface area (Å²) in [7, 11) is 2.07. The van der Waals surface area contributed by atoms with Gasteiger partial charge in [0.2, 0.25) is 0 Å². The van der Waals surface area contributed by atoms with Crippen molar-refractivity contribution in [3.63, 3.8) is 0 Å². The van der Waals surface area contributed by atoms with Crippen molar-refractivity contribution in [3.05, 3.63) is 102 Å². The fraction of sp³-hybridized carbons (Fsp3) is 0.324. The third kappa shape index (κ3) is 6.78. The minimum Gasteiger partial charge on any atom is -0.459 e. The van der Waals surface area contributed by atoms with Crippen LogP contribution in [0.2, 0.25) is 0 Å². The molecule has 0 spiro atoms. The van der Waals surface area contributed by atoms with Crippen LogP contribution in [0.3, 0.4) is 0 Å². The lowest BCUT2D eigenvalue weighted by Crippen LogP contribution is -2.35. The molecule has 2 aliphatic heterocycles. The lowest BCUT2D eigenvalue weighted by Gasteiger charge is -2.28. The van der Waals surface area contributed by atoms with Crippen LogP contribution in [-0.4, -0.2) is 72.0 Å². The summed E-state index contributed by atoms with van der Waals surface area (Å²) in [6.07, 6.45) is 6.45. The Morgan fingerprint density at radius 2 is 1.71 bits per heavy atom. The summed E-state index contributed by atoms with van der Waals surface area (Å²) in [4.78, 5) is 34.4. The van der Waals surface area contributed by atoms with E-state index in [0.29, 0.717) is 17.2 Å². The standard InChI is InChI=1S/C34H37N5O3/c1-38-17-14-30(15-18-38)42-34(41)26-10-8-25(9-11-26)33(40)37-28-6-2-4-24(20-28)22-39-19-13-29(23-39)36-32-7-3-5-27-21-35-16-12-31(27)32/h2-12,16,20-21,29-30,36H,13-15,17-19,22-23H2,1H3,(H,37,40). The molecule has 6 rings (SSSR count). The molecule has 0 saturated carbocycles. The van der Waals surface area contributed by atoms with Gasteiger partial charge in [-0.2, -0.15) is 0 Å². The Labute approximate surface area is 246 Å². The smallest absolute Gasteiger partial charge is 0.338 e. The molecular formula is C34H37N5O3. The molecule has 216 valence electrons. The zero-order valence-electron chi connectivity index (χ0n) is 24.0. The Bertz CT molecular complexity index is 1540. The Balaban J connectivity index is 1.01. The minimum absolute atomic E-state index is 0.0476. The molecule has 3 aromatic carbocycles. The number of carbonyl (C=O) groups excluding carboxylic acids is 2. The average Bonchev–Trinajstić information content (AvgIpc) is 3.45. The van der Waals surface area contributed by atoms with Crippen LogP contribution in [-0.2, 0) is 11.3 Å². The van der Waals surface area contributed by atoms with Crippen molar-refractivity contribution in [2.45, 2.75) is 38.0 Å². The van der Waals surface area contributed by atoms with Gasteiger partial charge in [-0.05, 0) is 80.4 Å². The predicted molar refractivity (Wildman–Crippen MR) is 166 cm³/mol. The van der Waals surface area contributed by atoms with E-state index in [0.717, 1.165) is 74.3 Å². The van der Waals surface area contributed by atoms with Gasteiger partial charge in [0.25, 0.3) is 5.91 Å². The van der Waals surface area contributed by atoms with Crippen molar-refractivity contribution in [1.29, 1.82) is 0 Å². The van der Waals surface area contributed by atoms with Gasteiger partial charge < -0.3 is 20.3 Å². The molecule has 8 heteroatoms. The topological polar surface area (TPSA) is 86.8 Å². The number of nitrogens with zero attached hydrogens (tertiary/aromatic N) is 3. The summed E-state index contributed by atoms with van der Waals surface area (Å²) >= 11 is 0. The number of ether oxygens (including phenoxy) is 1. The first-order chi connectivity index (χ1) is 20.5. The molecule has 0 aliphatic carbocycles. The number of carbonyl (C=O) groups is 2. The first kappa shape index (κ1) is 27.9. The van der Waals surface area contributed by atoms with Crippen LogP contribution < -0.4 is 10.6 Å². The Morgan fingerprint density at radius 3 is 2.55 bits per heavy atom. The number of pyridine rings is 1. The van der Waals surface area contributed by atoms with Gasteiger partial charge in [-0.1, -0.05) is 24.3 Å². The van der Waals surface area contributed by atoms with Crippen molar-refractivity contribution in [2.24, 2.45) is 0 Å². The van der Waals surface area contributed by atoms with Crippen molar-refractivity contribution >= 4 is 34.0 Å². The third-order valence-electron chi connectivity index (χ3n) is 8.23. The molecule has 3 heterocycles. The summed E-state index contributed by atoms with van der Waals surface area (Å²) in [5, 5.41) is 9.06. The van der Waals surface area contributed by atoms with Crippen LogP contribution in [0.25, 0.3) is 10.8 Å². The number of benzene rings is 3. The molecular weight excluding hydrogens is 526 g/mol. The van der Waals surface area contributed by atoms with E-state index in [4.69, 9.17) is 4.74 Å². The number of amides is 1. The summed E-state index contributed by atoms with van der Waals surface area (Å²) in [6.45, 7) is 4.63. The first-order valence-electron chi connectivity index (χ1n) is 14.7. The van der Waals surface area contributed by atoms with Gasteiger partial charge >= 0.3 is 5.97 Å². The van der Waals surface area contributed by atoms with Crippen molar-refractivity contribution in [3.8, 4) is 0 Å². The maximum absolute atomic E-state index is 13.0. The lowest BCUT2D eigenvalue weighted by atomic mass is 10.1. The van der Waals surface area contributed by atoms with Gasteiger partial charge in [0.1, 0.15) is 6.10 Å². The van der Waals surface area contributed by atoms with E-state index in [-0.39, 0.29) is 18.0 Å². The zero-order valence-corrected chi connectivity index (χ0v) is 24.0. The van der Waals surface area contributed by atoms with Crippen LogP contribution >= 0.6 is 0 Å². The fourth-order valence-electron chi connectivity index (χ4n) is 5.85. The van der Waals surface area contributed by atoms with Gasteiger partial charge in [-0.3, -0.25) is 14.7 Å².